The average molecular weight is 301 g/mol. The molecule has 106 valence electrons. The molecule has 1 aromatic heterocycles. The van der Waals surface area contributed by atoms with Gasteiger partial charge in [-0.2, -0.15) is 13.2 Å². The fourth-order valence-corrected chi connectivity index (χ4v) is 1.81. The van der Waals surface area contributed by atoms with E-state index >= 15 is 0 Å². The topological polar surface area (TPSA) is 24.9 Å². The number of aromatic nitrogens is 1. The van der Waals surface area contributed by atoms with Crippen LogP contribution in [-0.4, -0.2) is 4.98 Å². The molecule has 0 aliphatic rings. The smallest absolute Gasteiger partial charge is 0.366 e. The van der Waals surface area contributed by atoms with Crippen LogP contribution in [0.4, 0.5) is 19.0 Å². The van der Waals surface area contributed by atoms with Crippen molar-refractivity contribution in [2.45, 2.75) is 18.6 Å². The van der Waals surface area contributed by atoms with Crippen molar-refractivity contribution in [1.82, 2.24) is 4.98 Å². The lowest BCUT2D eigenvalue weighted by Gasteiger charge is -2.09. The van der Waals surface area contributed by atoms with Crippen LogP contribution in [0.2, 0.25) is 0 Å². The van der Waals surface area contributed by atoms with Crippen LogP contribution in [0.3, 0.4) is 0 Å². The number of nitrogens with one attached hydrogen (secondary N) is 1. The molecule has 0 atom stereocenters. The molecule has 1 aromatic carbocycles. The number of anilines is 1. The summed E-state index contributed by atoms with van der Waals surface area (Å²) >= 11 is 5.68. The molecule has 0 aliphatic heterocycles. The van der Waals surface area contributed by atoms with Crippen molar-refractivity contribution in [3.63, 3.8) is 0 Å². The van der Waals surface area contributed by atoms with Crippen LogP contribution in [-0.2, 0) is 18.6 Å². The summed E-state index contributed by atoms with van der Waals surface area (Å²) in [5, 5.41) is 2.87. The number of hydrogen-bond donors (Lipinski definition) is 1. The highest BCUT2D eigenvalue weighted by atomic mass is 35.5. The Hall–Kier alpha value is -1.75. The Labute approximate surface area is 119 Å². The lowest BCUT2D eigenvalue weighted by atomic mass is 10.1. The zero-order valence-electron chi connectivity index (χ0n) is 10.4. The second kappa shape index (κ2) is 6.13. The summed E-state index contributed by atoms with van der Waals surface area (Å²) in [6.07, 6.45) is -4.43. The number of benzene rings is 1. The van der Waals surface area contributed by atoms with Gasteiger partial charge in [0.15, 0.2) is 0 Å². The van der Waals surface area contributed by atoms with Gasteiger partial charge in [-0.3, -0.25) is 0 Å². The molecule has 0 spiro atoms. The van der Waals surface area contributed by atoms with Crippen LogP contribution in [0, 0.1) is 0 Å². The fraction of sp³-hybridized carbons (Fsp3) is 0.214. The maximum atomic E-state index is 12.5. The predicted molar refractivity (Wildman–Crippen MR) is 72.6 cm³/mol. The highest BCUT2D eigenvalue weighted by Crippen LogP contribution is 2.28. The molecule has 0 saturated heterocycles. The minimum absolute atomic E-state index is 0.196. The number of halogens is 4. The van der Waals surface area contributed by atoms with Gasteiger partial charge in [-0.1, -0.05) is 30.3 Å². The van der Waals surface area contributed by atoms with Crippen molar-refractivity contribution in [2.75, 3.05) is 5.32 Å². The molecule has 2 rings (SSSR count). The van der Waals surface area contributed by atoms with Crippen molar-refractivity contribution in [3.8, 4) is 0 Å². The maximum absolute atomic E-state index is 12.5. The van der Waals surface area contributed by atoms with Gasteiger partial charge in [-0.25, -0.2) is 4.98 Å². The van der Waals surface area contributed by atoms with Crippen molar-refractivity contribution in [3.05, 3.63) is 59.3 Å². The van der Waals surface area contributed by atoms with Gasteiger partial charge in [0.25, 0.3) is 0 Å². The second-order valence-corrected chi connectivity index (χ2v) is 4.48. The van der Waals surface area contributed by atoms with Gasteiger partial charge >= 0.3 is 6.18 Å². The van der Waals surface area contributed by atoms with Crippen LogP contribution < -0.4 is 5.32 Å². The predicted octanol–water partition coefficient (Wildman–Crippen LogP) is 4.45. The van der Waals surface area contributed by atoms with E-state index in [2.05, 4.69) is 10.3 Å². The van der Waals surface area contributed by atoms with Gasteiger partial charge in [0.1, 0.15) is 11.5 Å². The van der Waals surface area contributed by atoms with Gasteiger partial charge < -0.3 is 5.32 Å². The summed E-state index contributed by atoms with van der Waals surface area (Å²) in [6, 6.07) is 11.3. The monoisotopic (exact) mass is 300 g/mol. The maximum Gasteiger partial charge on any atom is 0.433 e. The van der Waals surface area contributed by atoms with E-state index in [1.54, 1.807) is 0 Å². The largest absolute Gasteiger partial charge is 0.433 e. The van der Waals surface area contributed by atoms with Crippen LogP contribution in [0.5, 0.6) is 0 Å². The van der Waals surface area contributed by atoms with Crippen molar-refractivity contribution in [2.24, 2.45) is 0 Å². The SMILES string of the molecule is FC(F)(F)c1cccc(NCc2ccc(CCl)cc2)n1. The fourth-order valence-electron chi connectivity index (χ4n) is 1.63. The number of pyridine rings is 1. The first-order valence-electron chi connectivity index (χ1n) is 5.91. The van der Waals surface area contributed by atoms with Gasteiger partial charge in [-0.05, 0) is 23.3 Å². The highest BCUT2D eigenvalue weighted by molar-refractivity contribution is 6.17. The molecule has 2 nitrogen and oxygen atoms in total. The highest BCUT2D eigenvalue weighted by Gasteiger charge is 2.32. The summed E-state index contributed by atoms with van der Waals surface area (Å²) in [4.78, 5) is 3.54. The van der Waals surface area contributed by atoms with Gasteiger partial charge in [-0.15, -0.1) is 11.6 Å². The van der Waals surface area contributed by atoms with Crippen LogP contribution in [0.1, 0.15) is 16.8 Å². The Morgan fingerprint density at radius 2 is 1.65 bits per heavy atom. The second-order valence-electron chi connectivity index (χ2n) is 4.21. The molecule has 1 heterocycles. The number of alkyl halides is 4. The Morgan fingerprint density at radius 1 is 1.00 bits per heavy atom. The molecule has 0 fully saturated rings. The van der Waals surface area contributed by atoms with Gasteiger partial charge in [0.05, 0.1) is 0 Å². The number of nitrogens with zero attached hydrogens (tertiary/aromatic N) is 1. The molecular weight excluding hydrogens is 289 g/mol. The normalized spacial score (nSPS) is 11.4. The zero-order valence-corrected chi connectivity index (χ0v) is 11.2. The minimum Gasteiger partial charge on any atom is -0.366 e. The molecule has 0 unspecified atom stereocenters. The van der Waals surface area contributed by atoms with E-state index in [1.807, 2.05) is 24.3 Å². The molecular formula is C14H12ClF3N2. The molecule has 6 heteroatoms. The number of hydrogen-bond acceptors (Lipinski definition) is 2. The first kappa shape index (κ1) is 14.7. The van der Waals surface area contributed by atoms with E-state index in [1.165, 1.54) is 12.1 Å². The lowest BCUT2D eigenvalue weighted by molar-refractivity contribution is -0.141. The van der Waals surface area contributed by atoms with E-state index < -0.39 is 11.9 Å². The first-order valence-corrected chi connectivity index (χ1v) is 6.44. The van der Waals surface area contributed by atoms with Crippen molar-refractivity contribution >= 4 is 17.4 Å². The Bertz CT molecular complexity index is 567. The Kier molecular flexibility index (Phi) is 4.49. The molecule has 0 aliphatic carbocycles. The first-order chi connectivity index (χ1) is 9.49. The Balaban J connectivity index is 2.03. The third kappa shape index (κ3) is 3.87. The number of rotatable bonds is 4. The zero-order chi connectivity index (χ0) is 14.6. The van der Waals surface area contributed by atoms with Gasteiger partial charge in [0.2, 0.25) is 0 Å². The van der Waals surface area contributed by atoms with E-state index in [0.29, 0.717) is 12.4 Å². The van der Waals surface area contributed by atoms with Crippen molar-refractivity contribution in [1.29, 1.82) is 0 Å². The summed E-state index contributed by atoms with van der Waals surface area (Å²) in [7, 11) is 0. The minimum atomic E-state index is -4.43. The summed E-state index contributed by atoms with van der Waals surface area (Å²) in [5.74, 6) is 0.629. The van der Waals surface area contributed by atoms with Gasteiger partial charge in [0, 0.05) is 12.4 Å². The summed E-state index contributed by atoms with van der Waals surface area (Å²) in [5.41, 5.74) is 1.03. The van der Waals surface area contributed by atoms with Crippen LogP contribution in [0.15, 0.2) is 42.5 Å². The van der Waals surface area contributed by atoms with E-state index in [4.69, 9.17) is 11.6 Å². The van der Waals surface area contributed by atoms with E-state index in [9.17, 15) is 13.2 Å². The average Bonchev–Trinajstić information content (AvgIpc) is 2.45. The summed E-state index contributed by atoms with van der Waals surface area (Å²) < 4.78 is 37.5. The molecule has 0 amide bonds. The van der Waals surface area contributed by atoms with E-state index in [-0.39, 0.29) is 5.82 Å². The third-order valence-corrected chi connectivity index (χ3v) is 3.00. The molecule has 0 bridgehead atoms. The summed E-state index contributed by atoms with van der Waals surface area (Å²) in [6.45, 7) is 0.400. The molecule has 0 radical (unpaired) electrons. The lowest BCUT2D eigenvalue weighted by Crippen LogP contribution is -2.10. The van der Waals surface area contributed by atoms with Crippen molar-refractivity contribution < 1.29 is 13.2 Å². The quantitative estimate of drug-likeness (QED) is 0.844. The van der Waals surface area contributed by atoms with Crippen LogP contribution >= 0.6 is 11.6 Å². The van der Waals surface area contributed by atoms with Crippen LogP contribution in [0.25, 0.3) is 0 Å². The van der Waals surface area contributed by atoms with E-state index in [0.717, 1.165) is 17.2 Å². The molecule has 1 N–H and O–H groups in total. The molecule has 0 saturated carbocycles. The molecule has 2 aromatic rings. The Morgan fingerprint density at radius 3 is 2.25 bits per heavy atom. The standard InChI is InChI=1S/C14H12ClF3N2/c15-8-10-4-6-11(7-5-10)9-19-13-3-1-2-12(20-13)14(16,17)18/h1-7H,8-9H2,(H,19,20). The third-order valence-electron chi connectivity index (χ3n) is 2.69. The molecule has 20 heavy (non-hydrogen) atoms.